The van der Waals surface area contributed by atoms with Crippen LogP contribution in [0, 0.1) is 11.8 Å². The molecule has 1 aromatic rings. The van der Waals surface area contributed by atoms with Crippen molar-refractivity contribution in [2.24, 2.45) is 11.8 Å². The van der Waals surface area contributed by atoms with Crippen molar-refractivity contribution in [2.45, 2.75) is 46.5 Å². The molecule has 0 aromatic heterocycles. The maximum absolute atomic E-state index is 12.8. The van der Waals surface area contributed by atoms with Crippen molar-refractivity contribution in [3.63, 3.8) is 0 Å². The third-order valence-corrected chi connectivity index (χ3v) is 4.81. The molecule has 0 spiro atoms. The van der Waals surface area contributed by atoms with Crippen molar-refractivity contribution < 1.29 is 19.7 Å². The van der Waals surface area contributed by atoms with E-state index in [4.69, 9.17) is 0 Å². The second kappa shape index (κ2) is 7.55. The summed E-state index contributed by atoms with van der Waals surface area (Å²) >= 11 is 0. The summed E-state index contributed by atoms with van der Waals surface area (Å²) in [6.45, 7) is 6.30. The van der Waals surface area contributed by atoms with E-state index < -0.39 is 5.78 Å². The Morgan fingerprint density at radius 2 is 1.61 bits per heavy atom. The minimum absolute atomic E-state index is 0.0871. The molecule has 2 unspecified atom stereocenters. The molecule has 0 radical (unpaired) electrons. The Hall–Kier alpha value is -1.94. The van der Waals surface area contributed by atoms with Crippen LogP contribution in [0.25, 0.3) is 0 Å². The molecule has 0 heterocycles. The monoisotopic (exact) mass is 316 g/mol. The van der Waals surface area contributed by atoms with Crippen molar-refractivity contribution in [3.8, 4) is 0 Å². The maximum Gasteiger partial charge on any atom is 0.232 e. The molecule has 0 amide bonds. The Bertz CT molecular complexity index is 630. The van der Waals surface area contributed by atoms with E-state index >= 15 is 0 Å². The molecule has 4 nitrogen and oxygen atoms in total. The van der Waals surface area contributed by atoms with E-state index in [1.54, 1.807) is 24.3 Å². The number of fused-ring (bicyclic) bond motifs is 1. The van der Waals surface area contributed by atoms with Gasteiger partial charge in [-0.1, -0.05) is 57.9 Å². The lowest BCUT2D eigenvalue weighted by Gasteiger charge is -2.25. The normalized spacial score (nSPS) is 17.0. The Labute approximate surface area is 137 Å². The average Bonchev–Trinajstić information content (AvgIpc) is 2.59. The van der Waals surface area contributed by atoms with Gasteiger partial charge in [0.2, 0.25) is 11.5 Å². The fourth-order valence-electron chi connectivity index (χ4n) is 3.08. The molecule has 1 aromatic carbocycles. The average molecular weight is 316 g/mol. The molecule has 1 aliphatic rings. The molecular formula is C19H24O4. The van der Waals surface area contributed by atoms with Gasteiger partial charge in [0.05, 0.1) is 5.57 Å². The molecular weight excluding hydrogens is 292 g/mol. The third-order valence-electron chi connectivity index (χ3n) is 4.81. The highest BCUT2D eigenvalue weighted by molar-refractivity contribution is 6.26. The van der Waals surface area contributed by atoms with Crippen LogP contribution in [0.5, 0.6) is 0 Å². The van der Waals surface area contributed by atoms with Gasteiger partial charge in [0, 0.05) is 11.1 Å². The first-order chi connectivity index (χ1) is 11.0. The van der Waals surface area contributed by atoms with E-state index in [9.17, 15) is 14.8 Å². The number of ketones is 2. The lowest BCUT2D eigenvalue weighted by molar-refractivity contribution is -0.199. The van der Waals surface area contributed by atoms with E-state index in [-0.39, 0.29) is 17.5 Å². The van der Waals surface area contributed by atoms with E-state index in [1.807, 2.05) is 6.92 Å². The fourth-order valence-corrected chi connectivity index (χ4v) is 3.08. The van der Waals surface area contributed by atoms with Crippen molar-refractivity contribution in [2.75, 3.05) is 0 Å². The number of carbonyl (C=O) groups is 2. The number of allylic oxidation sites excluding steroid dienone is 2. The summed E-state index contributed by atoms with van der Waals surface area (Å²) in [6, 6.07) is 6.69. The van der Waals surface area contributed by atoms with Gasteiger partial charge in [0.15, 0.2) is 5.78 Å². The zero-order valence-corrected chi connectivity index (χ0v) is 14.0. The summed E-state index contributed by atoms with van der Waals surface area (Å²) in [5, 5.41) is 9.21. The van der Waals surface area contributed by atoms with Crippen LogP contribution in [0.15, 0.2) is 35.6 Å². The first kappa shape index (κ1) is 17.4. The molecule has 124 valence electrons. The largest absolute Gasteiger partial charge is 0.336 e. The van der Waals surface area contributed by atoms with Gasteiger partial charge < -0.3 is 4.89 Å². The van der Waals surface area contributed by atoms with Gasteiger partial charge in [-0.15, -0.1) is 0 Å². The van der Waals surface area contributed by atoms with Crippen LogP contribution in [0.3, 0.4) is 0 Å². The SMILES string of the molecule is CCC(C)CCC(CC)C1=C(OO)C(=O)c2ccccc2C1=O. The Morgan fingerprint density at radius 1 is 1.00 bits per heavy atom. The number of carbonyl (C=O) groups excluding carboxylic acids is 2. The highest BCUT2D eigenvalue weighted by Crippen LogP contribution is 2.35. The van der Waals surface area contributed by atoms with Crippen LogP contribution in [0.1, 0.15) is 67.2 Å². The lowest BCUT2D eigenvalue weighted by atomic mass is 9.78. The Morgan fingerprint density at radius 3 is 2.13 bits per heavy atom. The predicted molar refractivity (Wildman–Crippen MR) is 88.3 cm³/mol. The molecule has 0 saturated heterocycles. The summed E-state index contributed by atoms with van der Waals surface area (Å²) in [7, 11) is 0. The first-order valence-electron chi connectivity index (χ1n) is 8.29. The van der Waals surface area contributed by atoms with Gasteiger partial charge in [0.1, 0.15) is 0 Å². The fraction of sp³-hybridized carbons (Fsp3) is 0.474. The molecule has 0 saturated carbocycles. The zero-order valence-electron chi connectivity index (χ0n) is 14.0. The van der Waals surface area contributed by atoms with Crippen molar-refractivity contribution in [1.82, 2.24) is 0 Å². The summed E-state index contributed by atoms with van der Waals surface area (Å²) in [4.78, 5) is 29.7. The van der Waals surface area contributed by atoms with Crippen LogP contribution in [0.2, 0.25) is 0 Å². The molecule has 4 heteroatoms. The number of rotatable bonds is 7. The molecule has 23 heavy (non-hydrogen) atoms. The molecule has 2 atom stereocenters. The summed E-state index contributed by atoms with van der Waals surface area (Å²) < 4.78 is 0. The topological polar surface area (TPSA) is 63.6 Å². The number of hydrogen-bond acceptors (Lipinski definition) is 4. The van der Waals surface area contributed by atoms with Crippen LogP contribution < -0.4 is 0 Å². The van der Waals surface area contributed by atoms with Gasteiger partial charge in [-0.25, -0.2) is 5.26 Å². The molecule has 0 fully saturated rings. The van der Waals surface area contributed by atoms with E-state index in [0.717, 1.165) is 25.7 Å². The first-order valence-corrected chi connectivity index (χ1v) is 8.29. The third kappa shape index (κ3) is 3.37. The van der Waals surface area contributed by atoms with Gasteiger partial charge in [-0.05, 0) is 24.7 Å². The van der Waals surface area contributed by atoms with Gasteiger partial charge in [-0.2, -0.15) is 0 Å². The van der Waals surface area contributed by atoms with Crippen LogP contribution in [0.4, 0.5) is 0 Å². The number of Topliss-reactive ketones (excluding diaryl/α,β-unsaturated/α-hetero) is 2. The molecule has 2 rings (SSSR count). The second-order valence-corrected chi connectivity index (χ2v) is 6.23. The number of benzene rings is 1. The summed E-state index contributed by atoms with van der Waals surface area (Å²) in [6.07, 6.45) is 3.57. The maximum atomic E-state index is 12.8. The molecule has 0 bridgehead atoms. The smallest absolute Gasteiger partial charge is 0.232 e. The summed E-state index contributed by atoms with van der Waals surface area (Å²) in [5.41, 5.74) is 1.01. The minimum atomic E-state index is -0.417. The minimum Gasteiger partial charge on any atom is -0.336 e. The van der Waals surface area contributed by atoms with E-state index in [1.165, 1.54) is 0 Å². The van der Waals surface area contributed by atoms with Gasteiger partial charge in [-0.3, -0.25) is 9.59 Å². The molecule has 1 N–H and O–H groups in total. The second-order valence-electron chi connectivity index (χ2n) is 6.23. The van der Waals surface area contributed by atoms with Crippen LogP contribution in [-0.4, -0.2) is 16.8 Å². The molecule has 0 aliphatic heterocycles. The van der Waals surface area contributed by atoms with Crippen LogP contribution in [-0.2, 0) is 4.89 Å². The van der Waals surface area contributed by atoms with E-state index in [0.29, 0.717) is 22.6 Å². The number of hydrogen-bond donors (Lipinski definition) is 1. The van der Waals surface area contributed by atoms with E-state index in [2.05, 4.69) is 18.7 Å². The quantitative estimate of drug-likeness (QED) is 0.587. The summed E-state index contributed by atoms with van der Waals surface area (Å²) in [5.74, 6) is -0.356. The standard InChI is InChI=1S/C19H24O4/c1-4-12(3)10-11-13(5-2)16-17(20)14-8-6-7-9-15(14)18(21)19(16)23-22/h6-9,12-13,22H,4-5,10-11H2,1-3H3. The Kier molecular flexibility index (Phi) is 5.72. The predicted octanol–water partition coefficient (Wildman–Crippen LogP) is 4.66. The highest BCUT2D eigenvalue weighted by atomic mass is 17.1. The zero-order chi connectivity index (χ0) is 17.0. The van der Waals surface area contributed by atoms with Gasteiger partial charge in [0.25, 0.3) is 0 Å². The Balaban J connectivity index is 2.41. The molecule has 1 aliphatic carbocycles. The highest BCUT2D eigenvalue weighted by Gasteiger charge is 2.37. The van der Waals surface area contributed by atoms with Gasteiger partial charge >= 0.3 is 0 Å². The van der Waals surface area contributed by atoms with Crippen molar-refractivity contribution >= 4 is 11.6 Å². The van der Waals surface area contributed by atoms with Crippen molar-refractivity contribution in [3.05, 3.63) is 46.7 Å². The lowest BCUT2D eigenvalue weighted by Crippen LogP contribution is -2.27. The van der Waals surface area contributed by atoms with Crippen molar-refractivity contribution in [1.29, 1.82) is 0 Å². The van der Waals surface area contributed by atoms with Crippen LogP contribution >= 0.6 is 0 Å².